The fraction of sp³-hybridized carbons (Fsp3) is 0.323. The summed E-state index contributed by atoms with van der Waals surface area (Å²) in [5, 5.41) is 11.1. The van der Waals surface area contributed by atoms with E-state index in [9.17, 15) is 5.26 Å². The summed E-state index contributed by atoms with van der Waals surface area (Å²) in [5.41, 5.74) is 11.9. The Bertz CT molecular complexity index is 1460. The van der Waals surface area contributed by atoms with Gasteiger partial charge in [0.25, 0.3) is 0 Å². The molecule has 0 unspecified atom stereocenters. The molecule has 4 rings (SSSR count). The summed E-state index contributed by atoms with van der Waals surface area (Å²) in [6, 6.07) is 20.5. The van der Waals surface area contributed by atoms with Crippen molar-refractivity contribution in [2.75, 3.05) is 18.2 Å². The molecule has 0 aliphatic heterocycles. The van der Waals surface area contributed by atoms with Crippen LogP contribution in [0.2, 0.25) is 5.02 Å². The normalized spacial score (nSPS) is 11.2. The second-order valence-corrected chi connectivity index (χ2v) is 10.3. The standard InChI is InChI=1S/C29H28Cl2N4O.C2H6/c1-17(2)26-23-14-19(7-10-25(23)34-28(33)35-26)18-5-8-21(9-6-18)29(3,4)22-13-20(16-32)27(24(31)15-22)36-12-11-30;1-2/h5-10,13-15,17H,11-12H2,1-4H3,(H2,33,34,35);1-2H3. The maximum Gasteiger partial charge on any atom is 0.220 e. The Morgan fingerprint density at radius 2 is 1.63 bits per heavy atom. The van der Waals surface area contributed by atoms with Crippen LogP contribution in [0.3, 0.4) is 0 Å². The molecule has 5 nitrogen and oxygen atoms in total. The van der Waals surface area contributed by atoms with Crippen LogP contribution in [0.1, 0.15) is 69.8 Å². The van der Waals surface area contributed by atoms with Crippen molar-refractivity contribution < 1.29 is 4.74 Å². The van der Waals surface area contributed by atoms with Gasteiger partial charge in [-0.2, -0.15) is 5.26 Å². The number of nitrogen functional groups attached to an aromatic ring is 1. The summed E-state index contributed by atoms with van der Waals surface area (Å²) >= 11 is 12.2. The zero-order valence-electron chi connectivity index (χ0n) is 22.8. The van der Waals surface area contributed by atoms with Crippen LogP contribution >= 0.6 is 23.2 Å². The Kier molecular flexibility index (Phi) is 9.60. The lowest BCUT2D eigenvalue weighted by molar-refractivity contribution is 0.341. The first kappa shape index (κ1) is 29.2. The summed E-state index contributed by atoms with van der Waals surface area (Å²) in [4.78, 5) is 8.87. The maximum absolute atomic E-state index is 9.67. The van der Waals surface area contributed by atoms with Gasteiger partial charge in [0.05, 0.1) is 27.7 Å². The van der Waals surface area contributed by atoms with Crippen LogP contribution in [0.15, 0.2) is 54.6 Å². The molecule has 0 radical (unpaired) electrons. The molecular formula is C31H34Cl2N4O. The Balaban J connectivity index is 0.00000195. The number of benzene rings is 3. The van der Waals surface area contributed by atoms with E-state index in [4.69, 9.17) is 33.7 Å². The Hall–Kier alpha value is -3.33. The molecule has 0 fully saturated rings. The van der Waals surface area contributed by atoms with Crippen molar-refractivity contribution in [2.45, 2.75) is 52.9 Å². The molecular weight excluding hydrogens is 515 g/mol. The molecule has 0 aliphatic carbocycles. The van der Waals surface area contributed by atoms with Crippen molar-refractivity contribution in [3.05, 3.63) is 82.0 Å². The number of alkyl halides is 1. The molecule has 0 amide bonds. The van der Waals surface area contributed by atoms with Crippen molar-refractivity contribution >= 4 is 40.1 Å². The molecule has 1 aromatic heterocycles. The summed E-state index contributed by atoms with van der Waals surface area (Å²) in [7, 11) is 0. The lowest BCUT2D eigenvalue weighted by Crippen LogP contribution is -2.19. The number of hydrogen-bond donors (Lipinski definition) is 1. The first-order valence-corrected chi connectivity index (χ1v) is 13.7. The van der Waals surface area contributed by atoms with Crippen LogP contribution < -0.4 is 10.5 Å². The molecule has 38 heavy (non-hydrogen) atoms. The molecule has 3 aromatic carbocycles. The molecule has 1 heterocycles. The lowest BCUT2D eigenvalue weighted by atomic mass is 9.77. The highest BCUT2D eigenvalue weighted by Crippen LogP contribution is 2.39. The topological polar surface area (TPSA) is 84.8 Å². The molecule has 2 N–H and O–H groups in total. The number of nitrogens with two attached hydrogens (primary N) is 1. The quantitative estimate of drug-likeness (QED) is 0.234. The van der Waals surface area contributed by atoms with Crippen molar-refractivity contribution in [3.8, 4) is 22.9 Å². The third-order valence-corrected chi connectivity index (χ3v) is 6.87. The van der Waals surface area contributed by atoms with Gasteiger partial charge < -0.3 is 10.5 Å². The minimum Gasteiger partial charge on any atom is -0.489 e. The van der Waals surface area contributed by atoms with Gasteiger partial charge in [-0.25, -0.2) is 9.97 Å². The maximum atomic E-state index is 9.67. The first-order valence-electron chi connectivity index (χ1n) is 12.8. The number of ether oxygens (including phenoxy) is 1. The molecule has 4 aromatic rings. The first-order chi connectivity index (χ1) is 18.1. The average molecular weight is 550 g/mol. The highest BCUT2D eigenvalue weighted by Gasteiger charge is 2.26. The predicted octanol–water partition coefficient (Wildman–Crippen LogP) is 8.50. The van der Waals surface area contributed by atoms with E-state index in [0.717, 1.165) is 38.9 Å². The molecule has 0 saturated heterocycles. The minimum atomic E-state index is -0.391. The average Bonchev–Trinajstić information content (AvgIpc) is 2.92. The SMILES string of the molecule is CC.CC(C)c1nc(N)nc2ccc(-c3ccc(C(C)(C)c4cc(Cl)c(OCCCl)c(C#N)c4)cc3)cc12. The van der Waals surface area contributed by atoms with Crippen molar-refractivity contribution in [3.63, 3.8) is 0 Å². The summed E-state index contributed by atoms with van der Waals surface area (Å²) < 4.78 is 5.60. The number of nitriles is 1. The van der Waals surface area contributed by atoms with E-state index in [1.165, 1.54) is 0 Å². The molecule has 0 atom stereocenters. The van der Waals surface area contributed by atoms with Crippen molar-refractivity contribution in [2.24, 2.45) is 0 Å². The van der Waals surface area contributed by atoms with Gasteiger partial charge in [0.15, 0.2) is 5.75 Å². The van der Waals surface area contributed by atoms with Crippen LogP contribution in [0.5, 0.6) is 5.75 Å². The Morgan fingerprint density at radius 1 is 0.974 bits per heavy atom. The monoisotopic (exact) mass is 548 g/mol. The summed E-state index contributed by atoms with van der Waals surface area (Å²) in [6.07, 6.45) is 0. The Morgan fingerprint density at radius 3 is 2.24 bits per heavy atom. The van der Waals surface area contributed by atoms with E-state index in [0.29, 0.717) is 28.2 Å². The fourth-order valence-corrected chi connectivity index (χ4v) is 4.71. The predicted molar refractivity (Wildman–Crippen MR) is 159 cm³/mol. The van der Waals surface area contributed by atoms with Gasteiger partial charge in [0.1, 0.15) is 12.7 Å². The zero-order chi connectivity index (χ0) is 28.0. The number of halogens is 2. The van der Waals surface area contributed by atoms with Crippen molar-refractivity contribution in [1.82, 2.24) is 9.97 Å². The van der Waals surface area contributed by atoms with Gasteiger partial charge >= 0.3 is 0 Å². The van der Waals surface area contributed by atoms with E-state index in [-0.39, 0.29) is 12.5 Å². The largest absolute Gasteiger partial charge is 0.489 e. The van der Waals surface area contributed by atoms with Gasteiger partial charge in [-0.15, -0.1) is 11.6 Å². The van der Waals surface area contributed by atoms with E-state index in [1.54, 1.807) is 0 Å². The van der Waals surface area contributed by atoms with Gasteiger partial charge in [0.2, 0.25) is 5.95 Å². The number of hydrogen-bond acceptors (Lipinski definition) is 5. The van der Waals surface area contributed by atoms with Crippen LogP contribution in [-0.2, 0) is 5.41 Å². The highest BCUT2D eigenvalue weighted by molar-refractivity contribution is 6.32. The Labute approximate surface area is 235 Å². The van der Waals surface area contributed by atoms with Crippen LogP contribution in [0, 0.1) is 11.3 Å². The number of aromatic nitrogens is 2. The van der Waals surface area contributed by atoms with Crippen LogP contribution in [0.25, 0.3) is 22.0 Å². The third-order valence-electron chi connectivity index (χ3n) is 6.44. The number of rotatable bonds is 7. The molecule has 0 saturated carbocycles. The molecule has 0 spiro atoms. The number of anilines is 1. The molecule has 7 heteroatoms. The number of fused-ring (bicyclic) bond motifs is 1. The number of nitrogens with zero attached hydrogens (tertiary/aromatic N) is 3. The van der Waals surface area contributed by atoms with Gasteiger partial charge in [0, 0.05) is 10.8 Å². The second-order valence-electron chi connectivity index (χ2n) is 9.54. The van der Waals surface area contributed by atoms with Crippen LogP contribution in [0.4, 0.5) is 5.95 Å². The van der Waals surface area contributed by atoms with E-state index >= 15 is 0 Å². The van der Waals surface area contributed by atoms with Crippen LogP contribution in [-0.4, -0.2) is 22.5 Å². The molecule has 0 aliphatic rings. The van der Waals surface area contributed by atoms with E-state index in [1.807, 2.05) is 32.0 Å². The fourth-order valence-electron chi connectivity index (χ4n) is 4.36. The molecule has 198 valence electrons. The second kappa shape index (κ2) is 12.5. The third kappa shape index (κ3) is 6.04. The zero-order valence-corrected chi connectivity index (χ0v) is 24.3. The lowest BCUT2D eigenvalue weighted by Gasteiger charge is -2.27. The van der Waals surface area contributed by atoms with Gasteiger partial charge in [-0.05, 0) is 52.4 Å². The molecule has 0 bridgehead atoms. The summed E-state index contributed by atoms with van der Waals surface area (Å²) in [5.74, 6) is 1.21. The highest BCUT2D eigenvalue weighted by atomic mass is 35.5. The van der Waals surface area contributed by atoms with E-state index in [2.05, 4.69) is 80.1 Å². The summed E-state index contributed by atoms with van der Waals surface area (Å²) in [6.45, 7) is 12.7. The van der Waals surface area contributed by atoms with E-state index < -0.39 is 5.41 Å². The van der Waals surface area contributed by atoms with Crippen molar-refractivity contribution in [1.29, 1.82) is 5.26 Å². The van der Waals surface area contributed by atoms with Gasteiger partial charge in [-0.3, -0.25) is 0 Å². The van der Waals surface area contributed by atoms with Gasteiger partial charge in [-0.1, -0.05) is 83.5 Å². The smallest absolute Gasteiger partial charge is 0.220 e. The minimum absolute atomic E-state index is 0.230.